The number of para-hydroxylation sites is 2. The van der Waals surface area contributed by atoms with Crippen molar-refractivity contribution < 1.29 is 14.3 Å². The SMILES string of the molecule is CC(=O)NC(CS)C(=O)N1CCCOc2ccccc21. The van der Waals surface area contributed by atoms with Crippen LogP contribution in [0.2, 0.25) is 0 Å². The van der Waals surface area contributed by atoms with Crippen molar-refractivity contribution in [2.75, 3.05) is 23.8 Å². The van der Waals surface area contributed by atoms with Gasteiger partial charge in [0, 0.05) is 19.2 Å². The lowest BCUT2D eigenvalue weighted by atomic mass is 10.2. The van der Waals surface area contributed by atoms with E-state index in [2.05, 4.69) is 17.9 Å². The van der Waals surface area contributed by atoms with Crippen LogP contribution in [0.5, 0.6) is 5.75 Å². The number of thiol groups is 1. The molecule has 0 aliphatic carbocycles. The zero-order valence-corrected chi connectivity index (χ0v) is 12.2. The van der Waals surface area contributed by atoms with Crippen LogP contribution in [0.3, 0.4) is 0 Å². The van der Waals surface area contributed by atoms with Gasteiger partial charge in [0.2, 0.25) is 5.91 Å². The van der Waals surface area contributed by atoms with E-state index in [9.17, 15) is 9.59 Å². The summed E-state index contributed by atoms with van der Waals surface area (Å²) < 4.78 is 5.62. The highest BCUT2D eigenvalue weighted by molar-refractivity contribution is 7.80. The maximum absolute atomic E-state index is 12.6. The summed E-state index contributed by atoms with van der Waals surface area (Å²) in [7, 11) is 0. The first-order valence-electron chi connectivity index (χ1n) is 6.54. The molecule has 20 heavy (non-hydrogen) atoms. The molecule has 5 nitrogen and oxygen atoms in total. The van der Waals surface area contributed by atoms with Gasteiger partial charge in [0.1, 0.15) is 11.8 Å². The first-order chi connectivity index (χ1) is 9.63. The molecule has 0 saturated carbocycles. The van der Waals surface area contributed by atoms with Gasteiger partial charge in [0.05, 0.1) is 12.3 Å². The summed E-state index contributed by atoms with van der Waals surface area (Å²) >= 11 is 4.15. The molecule has 1 heterocycles. The lowest BCUT2D eigenvalue weighted by Gasteiger charge is -2.26. The summed E-state index contributed by atoms with van der Waals surface area (Å²) in [4.78, 5) is 25.4. The molecule has 0 radical (unpaired) electrons. The first kappa shape index (κ1) is 14.7. The van der Waals surface area contributed by atoms with Crippen molar-refractivity contribution in [3.05, 3.63) is 24.3 Å². The third-order valence-corrected chi connectivity index (χ3v) is 3.43. The normalized spacial score (nSPS) is 15.6. The Bertz CT molecular complexity index is 507. The maximum atomic E-state index is 12.6. The highest BCUT2D eigenvalue weighted by Gasteiger charge is 2.28. The Kier molecular flexibility index (Phi) is 4.89. The number of carbonyl (C=O) groups is 2. The van der Waals surface area contributed by atoms with Gasteiger partial charge in [-0.3, -0.25) is 9.59 Å². The minimum Gasteiger partial charge on any atom is -0.491 e. The largest absolute Gasteiger partial charge is 0.491 e. The van der Waals surface area contributed by atoms with Crippen molar-refractivity contribution in [3.63, 3.8) is 0 Å². The van der Waals surface area contributed by atoms with Gasteiger partial charge in [-0.15, -0.1) is 0 Å². The molecule has 108 valence electrons. The summed E-state index contributed by atoms with van der Waals surface area (Å²) in [6, 6.07) is 6.80. The maximum Gasteiger partial charge on any atom is 0.250 e. The quantitative estimate of drug-likeness (QED) is 0.825. The van der Waals surface area contributed by atoms with Gasteiger partial charge in [0.25, 0.3) is 5.91 Å². The van der Waals surface area contributed by atoms with E-state index < -0.39 is 6.04 Å². The van der Waals surface area contributed by atoms with Crippen LogP contribution in [0.25, 0.3) is 0 Å². The monoisotopic (exact) mass is 294 g/mol. The summed E-state index contributed by atoms with van der Waals surface area (Å²) in [5.41, 5.74) is 0.743. The molecule has 2 amide bonds. The molecule has 0 fully saturated rings. The smallest absolute Gasteiger partial charge is 0.250 e. The standard InChI is InChI=1S/C14H18N2O3S/c1-10(17)15-11(9-20)14(18)16-7-4-8-19-13-6-3-2-5-12(13)16/h2-3,5-6,11,20H,4,7-9H2,1H3,(H,15,17). The molecule has 2 rings (SSSR count). The Labute approximate surface area is 123 Å². The molecule has 1 unspecified atom stereocenters. The number of hydrogen-bond acceptors (Lipinski definition) is 4. The van der Waals surface area contributed by atoms with Crippen molar-refractivity contribution in [2.24, 2.45) is 0 Å². The number of benzene rings is 1. The van der Waals surface area contributed by atoms with Crippen molar-refractivity contribution in [2.45, 2.75) is 19.4 Å². The van der Waals surface area contributed by atoms with E-state index >= 15 is 0 Å². The van der Waals surface area contributed by atoms with Crippen molar-refractivity contribution >= 4 is 30.1 Å². The molecule has 1 aliphatic rings. The number of carbonyl (C=O) groups excluding carboxylic acids is 2. The topological polar surface area (TPSA) is 58.6 Å². The average Bonchev–Trinajstić information content (AvgIpc) is 2.66. The van der Waals surface area contributed by atoms with Crippen LogP contribution in [0.1, 0.15) is 13.3 Å². The molecular formula is C14H18N2O3S. The number of ether oxygens (including phenoxy) is 1. The zero-order chi connectivity index (χ0) is 14.5. The van der Waals surface area contributed by atoms with Crippen LogP contribution in [0.4, 0.5) is 5.69 Å². The van der Waals surface area contributed by atoms with Gasteiger partial charge in [-0.1, -0.05) is 12.1 Å². The fourth-order valence-electron chi connectivity index (χ4n) is 2.18. The predicted octanol–water partition coefficient (Wildman–Crippen LogP) is 1.24. The van der Waals surface area contributed by atoms with E-state index in [1.54, 1.807) is 4.90 Å². The van der Waals surface area contributed by atoms with E-state index in [0.29, 0.717) is 18.9 Å². The minimum absolute atomic E-state index is 0.159. The Morgan fingerprint density at radius 2 is 2.20 bits per heavy atom. The van der Waals surface area contributed by atoms with E-state index in [1.165, 1.54) is 6.92 Å². The number of nitrogens with one attached hydrogen (secondary N) is 1. The van der Waals surface area contributed by atoms with Crippen LogP contribution >= 0.6 is 12.6 Å². The molecule has 1 atom stereocenters. The molecule has 1 aromatic rings. The van der Waals surface area contributed by atoms with Crippen LogP contribution in [0.15, 0.2) is 24.3 Å². The lowest BCUT2D eigenvalue weighted by molar-refractivity contribution is -0.125. The number of hydrogen-bond donors (Lipinski definition) is 2. The number of amides is 2. The highest BCUT2D eigenvalue weighted by Crippen LogP contribution is 2.30. The van der Waals surface area contributed by atoms with E-state index in [1.807, 2.05) is 24.3 Å². The van der Waals surface area contributed by atoms with Crippen molar-refractivity contribution in [3.8, 4) is 5.75 Å². The van der Waals surface area contributed by atoms with Crippen LogP contribution < -0.4 is 15.0 Å². The summed E-state index contributed by atoms with van der Waals surface area (Å²) in [6.45, 7) is 2.54. The predicted molar refractivity (Wildman–Crippen MR) is 80.4 cm³/mol. The van der Waals surface area contributed by atoms with Gasteiger partial charge >= 0.3 is 0 Å². The molecule has 1 aromatic carbocycles. The van der Waals surface area contributed by atoms with Gasteiger partial charge in [-0.05, 0) is 18.6 Å². The summed E-state index contributed by atoms with van der Waals surface area (Å²) in [6.07, 6.45) is 0.750. The third-order valence-electron chi connectivity index (χ3n) is 3.06. The Morgan fingerprint density at radius 3 is 2.90 bits per heavy atom. The van der Waals surface area contributed by atoms with Crippen molar-refractivity contribution in [1.82, 2.24) is 5.32 Å². The fraction of sp³-hybridized carbons (Fsp3) is 0.429. The summed E-state index contributed by atoms with van der Waals surface area (Å²) in [5.74, 6) is 0.557. The summed E-state index contributed by atoms with van der Waals surface area (Å²) in [5, 5.41) is 2.63. The third kappa shape index (κ3) is 3.25. The second-order valence-electron chi connectivity index (χ2n) is 4.60. The Morgan fingerprint density at radius 1 is 1.45 bits per heavy atom. The van der Waals surface area contributed by atoms with Gasteiger partial charge < -0.3 is 15.0 Å². The van der Waals surface area contributed by atoms with Gasteiger partial charge in [0.15, 0.2) is 0 Å². The molecular weight excluding hydrogens is 276 g/mol. The minimum atomic E-state index is -0.623. The zero-order valence-electron chi connectivity index (χ0n) is 11.3. The van der Waals surface area contributed by atoms with Gasteiger partial charge in [-0.2, -0.15) is 12.6 Å². The number of fused-ring (bicyclic) bond motifs is 1. The highest BCUT2D eigenvalue weighted by atomic mass is 32.1. The van der Waals surface area contributed by atoms with Crippen molar-refractivity contribution in [1.29, 1.82) is 0 Å². The first-order valence-corrected chi connectivity index (χ1v) is 7.18. The second-order valence-corrected chi connectivity index (χ2v) is 4.96. The van der Waals surface area contributed by atoms with Crippen LogP contribution in [0, 0.1) is 0 Å². The number of nitrogens with zero attached hydrogens (tertiary/aromatic N) is 1. The fourth-order valence-corrected chi connectivity index (χ4v) is 2.42. The number of anilines is 1. The Balaban J connectivity index is 2.26. The van der Waals surface area contributed by atoms with E-state index in [-0.39, 0.29) is 17.6 Å². The molecule has 1 aliphatic heterocycles. The number of rotatable bonds is 3. The average molecular weight is 294 g/mol. The van der Waals surface area contributed by atoms with Crippen LogP contribution in [-0.4, -0.2) is 36.8 Å². The lowest BCUT2D eigenvalue weighted by Crippen LogP contribution is -2.49. The molecule has 1 N–H and O–H groups in total. The van der Waals surface area contributed by atoms with Crippen LogP contribution in [-0.2, 0) is 9.59 Å². The van der Waals surface area contributed by atoms with E-state index in [4.69, 9.17) is 4.74 Å². The molecule has 6 heteroatoms. The molecule has 0 spiro atoms. The Hall–Kier alpha value is -1.69. The van der Waals surface area contributed by atoms with Gasteiger partial charge in [-0.25, -0.2) is 0 Å². The molecule has 0 saturated heterocycles. The molecule has 0 aromatic heterocycles. The second kappa shape index (κ2) is 6.65. The van der Waals surface area contributed by atoms with E-state index in [0.717, 1.165) is 12.1 Å². The molecule has 0 bridgehead atoms.